The zero-order chi connectivity index (χ0) is 11.4. The molecule has 0 heterocycles. The van der Waals surface area contributed by atoms with Crippen molar-refractivity contribution in [3.8, 4) is 0 Å². The van der Waals surface area contributed by atoms with Crippen molar-refractivity contribution in [3.05, 3.63) is 39.9 Å². The lowest BCUT2D eigenvalue weighted by atomic mass is 10.1. The van der Waals surface area contributed by atoms with Crippen LogP contribution in [0.4, 0.5) is 10.5 Å². The lowest BCUT2D eigenvalue weighted by Crippen LogP contribution is -2.04. The molecule has 0 amide bonds. The fourth-order valence-electron chi connectivity index (χ4n) is 1.20. The summed E-state index contributed by atoms with van der Waals surface area (Å²) >= 11 is 5.02. The van der Waals surface area contributed by atoms with Crippen LogP contribution >= 0.6 is 11.6 Å². The van der Waals surface area contributed by atoms with Gasteiger partial charge in [0, 0.05) is 17.7 Å². The summed E-state index contributed by atoms with van der Waals surface area (Å²) in [5, 5.41) is 10.6. The van der Waals surface area contributed by atoms with E-state index in [1.807, 2.05) is 0 Å². The second kappa shape index (κ2) is 4.75. The minimum atomic E-state index is -0.986. The van der Waals surface area contributed by atoms with Gasteiger partial charge in [-0.1, -0.05) is 12.1 Å². The Bertz CT molecular complexity index is 393. The number of carbonyl (C=O) groups is 1. The average Bonchev–Trinajstić information content (AvgIpc) is 2.16. The minimum absolute atomic E-state index is 0.0945. The summed E-state index contributed by atoms with van der Waals surface area (Å²) < 4.78 is 4.65. The summed E-state index contributed by atoms with van der Waals surface area (Å²) in [6.07, 6.45) is -0.739. The lowest BCUT2D eigenvalue weighted by Gasteiger charge is -2.10. The van der Waals surface area contributed by atoms with E-state index < -0.39 is 16.5 Å². The van der Waals surface area contributed by atoms with E-state index in [1.54, 1.807) is 6.07 Å². The van der Waals surface area contributed by atoms with Crippen molar-refractivity contribution in [1.82, 2.24) is 0 Å². The van der Waals surface area contributed by atoms with Gasteiger partial charge in [0.1, 0.15) is 6.10 Å². The Hall–Kier alpha value is -1.62. The fourth-order valence-corrected chi connectivity index (χ4v) is 1.33. The monoisotopic (exact) mass is 229 g/mol. The van der Waals surface area contributed by atoms with E-state index in [4.69, 9.17) is 11.6 Å². The maximum absolute atomic E-state index is 10.6. The second-order valence-electron chi connectivity index (χ2n) is 2.81. The highest BCUT2D eigenvalue weighted by atomic mass is 35.5. The molecule has 6 heteroatoms. The van der Waals surface area contributed by atoms with Crippen LogP contribution in [-0.4, -0.2) is 10.4 Å². The highest BCUT2D eigenvalue weighted by Crippen LogP contribution is 2.27. The molecule has 1 unspecified atom stereocenters. The van der Waals surface area contributed by atoms with Crippen molar-refractivity contribution in [2.24, 2.45) is 0 Å². The molecular weight excluding hydrogens is 222 g/mol. The van der Waals surface area contributed by atoms with Gasteiger partial charge >= 0.3 is 5.43 Å². The van der Waals surface area contributed by atoms with Gasteiger partial charge < -0.3 is 4.74 Å². The Labute approximate surface area is 90.8 Å². The van der Waals surface area contributed by atoms with Gasteiger partial charge in [0.25, 0.3) is 5.69 Å². The van der Waals surface area contributed by atoms with Crippen LogP contribution in [0.1, 0.15) is 18.6 Å². The summed E-state index contributed by atoms with van der Waals surface area (Å²) in [7, 11) is 0. The molecule has 0 saturated heterocycles. The standard InChI is InChI=1S/C9H8ClNO4/c1-6(15-9(10)12)7-4-2-3-5-8(7)11(13)14/h2-6H,1H3. The first-order valence-electron chi connectivity index (χ1n) is 4.12. The smallest absolute Gasteiger partial charge is 0.404 e. The number of hydrogen-bond donors (Lipinski definition) is 0. The first-order valence-corrected chi connectivity index (χ1v) is 4.49. The molecule has 15 heavy (non-hydrogen) atoms. The normalized spacial score (nSPS) is 11.9. The Morgan fingerprint density at radius 1 is 1.53 bits per heavy atom. The molecule has 0 spiro atoms. The van der Waals surface area contributed by atoms with E-state index in [0.29, 0.717) is 5.56 Å². The Balaban J connectivity index is 3.02. The molecule has 1 aromatic rings. The van der Waals surface area contributed by atoms with Gasteiger partial charge in [-0.3, -0.25) is 10.1 Å². The van der Waals surface area contributed by atoms with Crippen molar-refractivity contribution in [2.75, 3.05) is 0 Å². The lowest BCUT2D eigenvalue weighted by molar-refractivity contribution is -0.386. The third kappa shape index (κ3) is 2.92. The molecule has 80 valence electrons. The van der Waals surface area contributed by atoms with Gasteiger partial charge in [0.15, 0.2) is 0 Å². The number of ether oxygens (including phenoxy) is 1. The third-order valence-electron chi connectivity index (χ3n) is 1.84. The van der Waals surface area contributed by atoms with Crippen LogP contribution in [0.2, 0.25) is 0 Å². The van der Waals surface area contributed by atoms with Crippen molar-refractivity contribution in [2.45, 2.75) is 13.0 Å². The molecule has 0 radical (unpaired) electrons. The van der Waals surface area contributed by atoms with Gasteiger partial charge in [0.2, 0.25) is 0 Å². The first kappa shape index (κ1) is 11.5. The van der Waals surface area contributed by atoms with Crippen molar-refractivity contribution in [3.63, 3.8) is 0 Å². The Kier molecular flexibility index (Phi) is 3.62. The zero-order valence-corrected chi connectivity index (χ0v) is 8.60. The Morgan fingerprint density at radius 3 is 2.67 bits per heavy atom. The van der Waals surface area contributed by atoms with Crippen molar-refractivity contribution >= 4 is 22.7 Å². The number of para-hydroxylation sites is 1. The SMILES string of the molecule is CC(OC(=O)Cl)c1ccccc1[N+](=O)[O-]. The van der Waals surface area contributed by atoms with Crippen LogP contribution in [-0.2, 0) is 4.74 Å². The third-order valence-corrected chi connectivity index (χ3v) is 1.93. The summed E-state index contributed by atoms with van der Waals surface area (Å²) in [5.41, 5.74) is -0.764. The number of hydrogen-bond acceptors (Lipinski definition) is 4. The molecule has 1 aromatic carbocycles. The summed E-state index contributed by atoms with van der Waals surface area (Å²) in [4.78, 5) is 20.6. The number of benzene rings is 1. The molecule has 1 rings (SSSR count). The highest BCUT2D eigenvalue weighted by Gasteiger charge is 2.20. The highest BCUT2D eigenvalue weighted by molar-refractivity contribution is 6.61. The quantitative estimate of drug-likeness (QED) is 0.454. The van der Waals surface area contributed by atoms with Crippen LogP contribution in [0, 0.1) is 10.1 Å². The largest absolute Gasteiger partial charge is 0.446 e. The van der Waals surface area contributed by atoms with Gasteiger partial charge in [-0.25, -0.2) is 4.79 Å². The molecule has 0 fully saturated rings. The van der Waals surface area contributed by atoms with Crippen molar-refractivity contribution in [1.29, 1.82) is 0 Å². The molecule has 1 atom stereocenters. The van der Waals surface area contributed by atoms with E-state index >= 15 is 0 Å². The summed E-state index contributed by atoms with van der Waals surface area (Å²) in [6.45, 7) is 1.52. The van der Waals surface area contributed by atoms with Gasteiger partial charge in [-0.05, 0) is 13.0 Å². The molecule has 0 bridgehead atoms. The molecule has 0 aromatic heterocycles. The predicted octanol–water partition coefficient (Wildman–Crippen LogP) is 3.03. The Morgan fingerprint density at radius 2 is 2.13 bits per heavy atom. The maximum atomic E-state index is 10.6. The fraction of sp³-hybridized carbons (Fsp3) is 0.222. The van der Waals surface area contributed by atoms with Crippen LogP contribution in [0.3, 0.4) is 0 Å². The number of halogens is 1. The molecule has 5 nitrogen and oxygen atoms in total. The molecule has 0 aliphatic rings. The van der Waals surface area contributed by atoms with E-state index in [1.165, 1.54) is 25.1 Å². The average molecular weight is 230 g/mol. The van der Waals surface area contributed by atoms with E-state index in [2.05, 4.69) is 4.74 Å². The van der Waals surface area contributed by atoms with Gasteiger partial charge in [-0.15, -0.1) is 0 Å². The zero-order valence-electron chi connectivity index (χ0n) is 7.84. The van der Waals surface area contributed by atoms with Crippen LogP contribution in [0.25, 0.3) is 0 Å². The molecule has 0 aliphatic carbocycles. The number of carbonyl (C=O) groups excluding carboxylic acids is 1. The van der Waals surface area contributed by atoms with E-state index in [9.17, 15) is 14.9 Å². The van der Waals surface area contributed by atoms with E-state index in [0.717, 1.165) is 0 Å². The number of rotatable bonds is 3. The molecule has 0 N–H and O–H groups in total. The van der Waals surface area contributed by atoms with Gasteiger partial charge in [-0.2, -0.15) is 0 Å². The maximum Gasteiger partial charge on any atom is 0.404 e. The summed E-state index contributed by atoms with van der Waals surface area (Å²) in [5.74, 6) is 0. The number of nitrogens with zero attached hydrogens (tertiary/aromatic N) is 1. The first-order chi connectivity index (χ1) is 7.02. The molecule has 0 saturated carbocycles. The molecule has 0 aliphatic heterocycles. The predicted molar refractivity (Wildman–Crippen MR) is 53.8 cm³/mol. The van der Waals surface area contributed by atoms with E-state index in [-0.39, 0.29) is 5.69 Å². The topological polar surface area (TPSA) is 69.4 Å². The molecular formula is C9H8ClNO4. The van der Waals surface area contributed by atoms with Crippen LogP contribution < -0.4 is 0 Å². The van der Waals surface area contributed by atoms with Crippen molar-refractivity contribution < 1.29 is 14.5 Å². The number of nitro benzene ring substituents is 1. The van der Waals surface area contributed by atoms with Crippen LogP contribution in [0.5, 0.6) is 0 Å². The second-order valence-corrected chi connectivity index (χ2v) is 3.12. The van der Waals surface area contributed by atoms with Crippen LogP contribution in [0.15, 0.2) is 24.3 Å². The number of nitro groups is 1. The summed E-state index contributed by atoms with van der Waals surface area (Å²) in [6, 6.07) is 6.02. The van der Waals surface area contributed by atoms with Gasteiger partial charge in [0.05, 0.1) is 10.5 Å². The minimum Gasteiger partial charge on any atom is -0.446 e.